The lowest BCUT2D eigenvalue weighted by molar-refractivity contribution is -0.137. The number of amides is 1. The summed E-state index contributed by atoms with van der Waals surface area (Å²) in [5.41, 5.74) is 0.0345. The Bertz CT molecular complexity index is 715. The van der Waals surface area contributed by atoms with Crippen LogP contribution in [0.3, 0.4) is 0 Å². The summed E-state index contributed by atoms with van der Waals surface area (Å²) in [5.74, 6) is -0.311. The lowest BCUT2D eigenvalue weighted by atomic mass is 10.1. The van der Waals surface area contributed by atoms with Gasteiger partial charge < -0.3 is 5.32 Å². The number of thiol groups is 1. The predicted molar refractivity (Wildman–Crippen MR) is 81.1 cm³/mol. The van der Waals surface area contributed by atoms with Gasteiger partial charge >= 0.3 is 6.18 Å². The molecule has 0 bridgehead atoms. The van der Waals surface area contributed by atoms with E-state index in [0.717, 1.165) is 12.1 Å². The summed E-state index contributed by atoms with van der Waals surface area (Å²) in [6.07, 6.45) is -4.41. The summed E-state index contributed by atoms with van der Waals surface area (Å²) >= 11 is 4.31. The van der Waals surface area contributed by atoms with Crippen LogP contribution in [-0.4, -0.2) is 11.4 Å². The molecular formula is C15H11F3N2OS. The van der Waals surface area contributed by atoms with Crippen LogP contribution in [-0.2, 0) is 6.18 Å². The normalized spacial score (nSPS) is 17.9. The lowest BCUT2D eigenvalue weighted by Gasteiger charge is -2.35. The Hall–Kier alpha value is -2.15. The molecule has 0 saturated carbocycles. The van der Waals surface area contributed by atoms with E-state index in [2.05, 4.69) is 17.9 Å². The van der Waals surface area contributed by atoms with Gasteiger partial charge in [-0.3, -0.25) is 9.69 Å². The van der Waals surface area contributed by atoms with E-state index in [1.165, 1.54) is 17.0 Å². The van der Waals surface area contributed by atoms with Crippen molar-refractivity contribution in [1.82, 2.24) is 0 Å². The summed E-state index contributed by atoms with van der Waals surface area (Å²) in [6.45, 7) is 0. The first-order valence-corrected chi connectivity index (χ1v) is 6.94. The number of nitrogens with one attached hydrogen (secondary N) is 1. The quantitative estimate of drug-likeness (QED) is 0.778. The van der Waals surface area contributed by atoms with E-state index in [0.29, 0.717) is 16.9 Å². The number of hydrogen-bond acceptors (Lipinski definition) is 3. The fourth-order valence-corrected chi connectivity index (χ4v) is 2.69. The highest BCUT2D eigenvalue weighted by atomic mass is 32.1. The van der Waals surface area contributed by atoms with Crippen molar-refractivity contribution in [2.45, 2.75) is 11.7 Å². The third-order valence-corrected chi connectivity index (χ3v) is 3.74. The Kier molecular flexibility index (Phi) is 3.52. The molecule has 0 saturated heterocycles. The first-order chi connectivity index (χ1) is 10.4. The number of fused-ring (bicyclic) bond motifs is 1. The first kappa shape index (κ1) is 14.8. The molecule has 7 heteroatoms. The molecular weight excluding hydrogens is 313 g/mol. The van der Waals surface area contributed by atoms with Gasteiger partial charge in [-0.1, -0.05) is 12.1 Å². The SMILES string of the molecule is O=C1c2ccccc2NC(S)N1c1ccc(C(F)(F)F)cc1. The van der Waals surface area contributed by atoms with Crippen molar-refractivity contribution in [2.24, 2.45) is 0 Å². The molecule has 1 N–H and O–H groups in total. The molecule has 1 unspecified atom stereocenters. The van der Waals surface area contributed by atoms with Gasteiger partial charge in [-0.2, -0.15) is 13.2 Å². The minimum Gasteiger partial charge on any atom is -0.356 e. The largest absolute Gasteiger partial charge is 0.416 e. The van der Waals surface area contributed by atoms with Crippen molar-refractivity contribution in [1.29, 1.82) is 0 Å². The van der Waals surface area contributed by atoms with E-state index in [1.54, 1.807) is 24.3 Å². The maximum atomic E-state index is 12.6. The number of benzene rings is 2. The number of carbonyl (C=O) groups is 1. The second kappa shape index (κ2) is 5.24. The molecule has 114 valence electrons. The summed E-state index contributed by atoms with van der Waals surface area (Å²) in [4.78, 5) is 13.8. The number of carbonyl (C=O) groups excluding carboxylic acids is 1. The van der Waals surface area contributed by atoms with E-state index in [9.17, 15) is 18.0 Å². The summed E-state index contributed by atoms with van der Waals surface area (Å²) < 4.78 is 37.8. The highest BCUT2D eigenvalue weighted by molar-refractivity contribution is 7.81. The van der Waals surface area contributed by atoms with Crippen LogP contribution in [0.1, 0.15) is 15.9 Å². The zero-order chi connectivity index (χ0) is 15.9. The summed E-state index contributed by atoms with van der Waals surface area (Å²) in [6, 6.07) is 11.3. The monoisotopic (exact) mass is 324 g/mol. The van der Waals surface area contributed by atoms with Crippen LogP contribution in [0.25, 0.3) is 0 Å². The van der Waals surface area contributed by atoms with Gasteiger partial charge in [0.15, 0.2) is 5.50 Å². The zero-order valence-electron chi connectivity index (χ0n) is 11.1. The van der Waals surface area contributed by atoms with Crippen LogP contribution in [0.2, 0.25) is 0 Å². The van der Waals surface area contributed by atoms with Gasteiger partial charge in [0.2, 0.25) is 0 Å². The molecule has 0 aliphatic carbocycles. The van der Waals surface area contributed by atoms with E-state index >= 15 is 0 Å². The fraction of sp³-hybridized carbons (Fsp3) is 0.133. The minimum absolute atomic E-state index is 0.311. The van der Waals surface area contributed by atoms with Crippen LogP contribution in [0.4, 0.5) is 24.5 Å². The molecule has 1 heterocycles. The second-order valence-corrected chi connectivity index (χ2v) is 5.27. The van der Waals surface area contributed by atoms with Gasteiger partial charge in [0, 0.05) is 11.4 Å². The maximum Gasteiger partial charge on any atom is 0.416 e. The highest BCUT2D eigenvalue weighted by Crippen LogP contribution is 2.34. The number of para-hydroxylation sites is 1. The Morgan fingerprint density at radius 2 is 1.68 bits per heavy atom. The van der Waals surface area contributed by atoms with Gasteiger partial charge in [0.25, 0.3) is 5.91 Å². The number of alkyl halides is 3. The Balaban J connectivity index is 1.97. The number of halogens is 3. The Morgan fingerprint density at radius 1 is 1.05 bits per heavy atom. The van der Waals surface area contributed by atoms with E-state index in [4.69, 9.17) is 0 Å². The predicted octanol–water partition coefficient (Wildman–Crippen LogP) is 3.99. The molecule has 3 rings (SSSR count). The summed E-state index contributed by atoms with van der Waals surface area (Å²) in [5, 5.41) is 3.03. The molecule has 1 atom stereocenters. The second-order valence-electron chi connectivity index (χ2n) is 4.78. The van der Waals surface area contributed by atoms with E-state index in [1.807, 2.05) is 0 Å². The van der Waals surface area contributed by atoms with E-state index in [-0.39, 0.29) is 5.91 Å². The van der Waals surface area contributed by atoms with Crippen LogP contribution >= 0.6 is 12.6 Å². The molecule has 0 fully saturated rings. The number of nitrogens with zero attached hydrogens (tertiary/aromatic N) is 1. The van der Waals surface area contributed by atoms with Gasteiger partial charge in [0.05, 0.1) is 11.1 Å². The zero-order valence-corrected chi connectivity index (χ0v) is 12.0. The molecule has 1 amide bonds. The van der Waals surface area contributed by atoms with Crippen molar-refractivity contribution in [3.8, 4) is 0 Å². The molecule has 1 aliphatic heterocycles. The van der Waals surface area contributed by atoms with Crippen LogP contribution in [0.5, 0.6) is 0 Å². The Morgan fingerprint density at radius 3 is 2.32 bits per heavy atom. The smallest absolute Gasteiger partial charge is 0.356 e. The topological polar surface area (TPSA) is 32.3 Å². The lowest BCUT2D eigenvalue weighted by Crippen LogP contribution is -2.46. The molecule has 2 aromatic rings. The van der Waals surface area contributed by atoms with Crippen molar-refractivity contribution in [2.75, 3.05) is 10.2 Å². The van der Waals surface area contributed by atoms with Crippen molar-refractivity contribution in [3.05, 3.63) is 59.7 Å². The van der Waals surface area contributed by atoms with Crippen molar-refractivity contribution in [3.63, 3.8) is 0 Å². The molecule has 3 nitrogen and oxygen atoms in total. The highest BCUT2D eigenvalue weighted by Gasteiger charge is 2.33. The first-order valence-electron chi connectivity index (χ1n) is 6.42. The molecule has 0 radical (unpaired) electrons. The fourth-order valence-electron chi connectivity index (χ4n) is 2.31. The number of rotatable bonds is 1. The van der Waals surface area contributed by atoms with Crippen LogP contribution < -0.4 is 10.2 Å². The average molecular weight is 324 g/mol. The standard InChI is InChI=1S/C15H11F3N2OS/c16-15(17,18)9-5-7-10(8-6-9)20-13(21)11-3-1-2-4-12(11)19-14(20)22/h1-8,14,19,22H. The molecule has 22 heavy (non-hydrogen) atoms. The van der Waals surface area contributed by atoms with Gasteiger partial charge in [-0.15, -0.1) is 12.6 Å². The number of anilines is 2. The molecule has 0 spiro atoms. The van der Waals surface area contributed by atoms with Gasteiger partial charge in [-0.25, -0.2) is 0 Å². The molecule has 1 aliphatic rings. The molecule has 0 aromatic heterocycles. The third-order valence-electron chi connectivity index (χ3n) is 3.38. The van der Waals surface area contributed by atoms with Crippen molar-refractivity contribution < 1.29 is 18.0 Å². The third kappa shape index (κ3) is 2.52. The number of hydrogen-bond donors (Lipinski definition) is 2. The van der Waals surface area contributed by atoms with Gasteiger partial charge in [-0.05, 0) is 36.4 Å². The molecule has 2 aromatic carbocycles. The van der Waals surface area contributed by atoms with Gasteiger partial charge in [0.1, 0.15) is 0 Å². The van der Waals surface area contributed by atoms with E-state index < -0.39 is 17.2 Å². The minimum atomic E-state index is -4.41. The average Bonchev–Trinajstić information content (AvgIpc) is 2.47. The summed E-state index contributed by atoms with van der Waals surface area (Å²) in [7, 11) is 0. The van der Waals surface area contributed by atoms with Crippen LogP contribution in [0, 0.1) is 0 Å². The Labute approximate surface area is 130 Å². The maximum absolute atomic E-state index is 12.6. The van der Waals surface area contributed by atoms with Crippen LogP contribution in [0.15, 0.2) is 48.5 Å². The van der Waals surface area contributed by atoms with Crippen molar-refractivity contribution >= 4 is 29.9 Å².